The third-order valence-corrected chi connectivity index (χ3v) is 5.38. The first-order valence-electron chi connectivity index (χ1n) is 6.26. The summed E-state index contributed by atoms with van der Waals surface area (Å²) < 4.78 is 1.10. The quantitative estimate of drug-likeness (QED) is 0.566. The number of halogens is 2. The number of nitrogens with one attached hydrogen (secondary N) is 1. The van der Waals surface area contributed by atoms with Crippen molar-refractivity contribution >= 4 is 51.8 Å². The van der Waals surface area contributed by atoms with Gasteiger partial charge in [-0.15, -0.1) is 11.8 Å². The Balaban J connectivity index is 2.19. The number of hydrogen-bond donors (Lipinski definition) is 1. The first kappa shape index (κ1) is 15.9. The largest absolute Gasteiger partial charge is 0.372 e. The van der Waals surface area contributed by atoms with Crippen LogP contribution in [0.3, 0.4) is 0 Å². The summed E-state index contributed by atoms with van der Waals surface area (Å²) in [5.74, 6) is 2.44. The Labute approximate surface area is 142 Å². The Kier molecular flexibility index (Phi) is 5.92. The Hall–Kier alpha value is -0.530. The van der Waals surface area contributed by atoms with E-state index in [1.807, 2.05) is 31.3 Å². The minimum absolute atomic E-state index is 0.711. The molecule has 0 saturated carbocycles. The van der Waals surface area contributed by atoms with Gasteiger partial charge in [0, 0.05) is 11.9 Å². The molecule has 106 valence electrons. The van der Waals surface area contributed by atoms with E-state index in [1.165, 1.54) is 0 Å². The van der Waals surface area contributed by atoms with Gasteiger partial charge in [0.2, 0.25) is 0 Å². The molecule has 0 fully saturated rings. The number of hydrogen-bond acceptors (Lipinski definition) is 4. The molecule has 2 aromatic rings. The zero-order chi connectivity index (χ0) is 14.5. The molecule has 2 rings (SSSR count). The SMILES string of the molecule is CCc1nc(CSc2ccccc2Cl)nc(NC)c1I. The molecule has 0 aliphatic heterocycles. The van der Waals surface area contributed by atoms with Crippen LogP contribution in [0.5, 0.6) is 0 Å². The molecule has 0 aliphatic carbocycles. The second-order valence-corrected chi connectivity index (χ2v) is 6.57. The van der Waals surface area contributed by atoms with Crippen molar-refractivity contribution in [1.29, 1.82) is 0 Å². The van der Waals surface area contributed by atoms with E-state index < -0.39 is 0 Å². The van der Waals surface area contributed by atoms with E-state index in [0.29, 0.717) is 5.75 Å². The van der Waals surface area contributed by atoms with Gasteiger partial charge in [-0.2, -0.15) is 0 Å². The van der Waals surface area contributed by atoms with Crippen LogP contribution in [0.25, 0.3) is 0 Å². The summed E-state index contributed by atoms with van der Waals surface area (Å²) >= 11 is 10.1. The Bertz CT molecular complexity index is 582. The third-order valence-electron chi connectivity index (χ3n) is 2.73. The van der Waals surface area contributed by atoms with E-state index >= 15 is 0 Å². The van der Waals surface area contributed by atoms with Gasteiger partial charge in [0.15, 0.2) is 0 Å². The number of anilines is 1. The van der Waals surface area contributed by atoms with Crippen molar-refractivity contribution in [1.82, 2.24) is 9.97 Å². The Morgan fingerprint density at radius 1 is 1.30 bits per heavy atom. The van der Waals surface area contributed by atoms with Crippen molar-refractivity contribution in [3.63, 3.8) is 0 Å². The molecule has 0 aliphatic rings. The topological polar surface area (TPSA) is 37.8 Å². The van der Waals surface area contributed by atoms with Crippen molar-refractivity contribution < 1.29 is 0 Å². The third kappa shape index (κ3) is 3.77. The minimum atomic E-state index is 0.711. The highest BCUT2D eigenvalue weighted by molar-refractivity contribution is 14.1. The van der Waals surface area contributed by atoms with Gasteiger partial charge in [0.25, 0.3) is 0 Å². The molecule has 1 aromatic carbocycles. The highest BCUT2D eigenvalue weighted by atomic mass is 127. The van der Waals surface area contributed by atoms with Crippen LogP contribution in [0, 0.1) is 3.57 Å². The molecular formula is C14H15ClIN3S. The zero-order valence-electron chi connectivity index (χ0n) is 11.3. The fraction of sp³-hybridized carbons (Fsp3) is 0.286. The predicted octanol–water partition coefficient (Wildman–Crippen LogP) is 4.63. The van der Waals surface area contributed by atoms with Gasteiger partial charge >= 0.3 is 0 Å². The molecule has 1 N–H and O–H groups in total. The summed E-state index contributed by atoms with van der Waals surface area (Å²) in [6.07, 6.45) is 0.902. The monoisotopic (exact) mass is 419 g/mol. The van der Waals surface area contributed by atoms with E-state index in [4.69, 9.17) is 11.6 Å². The van der Waals surface area contributed by atoms with Crippen LogP contribution in [0.2, 0.25) is 5.02 Å². The van der Waals surface area contributed by atoms with Crippen LogP contribution in [-0.4, -0.2) is 17.0 Å². The number of benzene rings is 1. The zero-order valence-corrected chi connectivity index (χ0v) is 15.0. The van der Waals surface area contributed by atoms with Crippen LogP contribution in [0.1, 0.15) is 18.4 Å². The van der Waals surface area contributed by atoms with Crippen LogP contribution in [0.4, 0.5) is 5.82 Å². The molecule has 0 radical (unpaired) electrons. The molecule has 0 bridgehead atoms. The van der Waals surface area contributed by atoms with E-state index in [0.717, 1.165) is 37.2 Å². The lowest BCUT2D eigenvalue weighted by molar-refractivity contribution is 0.929. The standard InChI is InChI=1S/C14H15ClIN3S/c1-3-10-13(16)14(17-2)19-12(18-10)8-20-11-7-5-4-6-9(11)15/h4-7H,3,8H2,1-2H3,(H,17,18,19). The number of rotatable bonds is 5. The molecule has 6 heteroatoms. The summed E-state index contributed by atoms with van der Waals surface area (Å²) in [7, 11) is 1.88. The van der Waals surface area contributed by atoms with Crippen molar-refractivity contribution in [2.75, 3.05) is 12.4 Å². The lowest BCUT2D eigenvalue weighted by atomic mass is 10.3. The number of aryl methyl sites for hydroxylation is 1. The predicted molar refractivity (Wildman–Crippen MR) is 94.7 cm³/mol. The van der Waals surface area contributed by atoms with Gasteiger partial charge in [-0.05, 0) is 41.1 Å². The lowest BCUT2D eigenvalue weighted by Gasteiger charge is -2.10. The molecule has 3 nitrogen and oxygen atoms in total. The highest BCUT2D eigenvalue weighted by Gasteiger charge is 2.10. The summed E-state index contributed by atoms with van der Waals surface area (Å²) in [5.41, 5.74) is 1.08. The average Bonchev–Trinajstić information content (AvgIpc) is 2.47. The lowest BCUT2D eigenvalue weighted by Crippen LogP contribution is -2.06. The number of thioether (sulfide) groups is 1. The smallest absolute Gasteiger partial charge is 0.143 e. The second kappa shape index (κ2) is 7.47. The number of aromatic nitrogens is 2. The van der Waals surface area contributed by atoms with E-state index in [9.17, 15) is 0 Å². The van der Waals surface area contributed by atoms with Gasteiger partial charge in [-0.25, -0.2) is 9.97 Å². The van der Waals surface area contributed by atoms with Crippen LogP contribution in [0.15, 0.2) is 29.2 Å². The molecule has 1 heterocycles. The number of nitrogens with zero attached hydrogens (tertiary/aromatic N) is 2. The molecule has 0 unspecified atom stereocenters. The van der Waals surface area contributed by atoms with E-state index in [2.05, 4.69) is 44.8 Å². The Morgan fingerprint density at radius 2 is 2.05 bits per heavy atom. The minimum Gasteiger partial charge on any atom is -0.372 e. The summed E-state index contributed by atoms with van der Waals surface area (Å²) in [6, 6.07) is 7.83. The van der Waals surface area contributed by atoms with E-state index in [-0.39, 0.29) is 0 Å². The normalized spacial score (nSPS) is 10.6. The Morgan fingerprint density at radius 3 is 2.70 bits per heavy atom. The summed E-state index contributed by atoms with van der Waals surface area (Å²) in [4.78, 5) is 10.2. The molecule has 1 aromatic heterocycles. The molecule has 20 heavy (non-hydrogen) atoms. The average molecular weight is 420 g/mol. The maximum Gasteiger partial charge on any atom is 0.143 e. The van der Waals surface area contributed by atoms with Gasteiger partial charge in [0.1, 0.15) is 11.6 Å². The second-order valence-electron chi connectivity index (χ2n) is 4.07. The first-order chi connectivity index (χ1) is 9.65. The van der Waals surface area contributed by atoms with E-state index in [1.54, 1.807) is 11.8 Å². The first-order valence-corrected chi connectivity index (χ1v) is 8.70. The molecule has 0 spiro atoms. The highest BCUT2D eigenvalue weighted by Crippen LogP contribution is 2.29. The molecular weight excluding hydrogens is 405 g/mol. The summed E-state index contributed by atoms with van der Waals surface area (Å²) in [6.45, 7) is 2.11. The van der Waals surface area contributed by atoms with Crippen molar-refractivity contribution in [2.45, 2.75) is 24.0 Å². The van der Waals surface area contributed by atoms with Gasteiger partial charge in [0.05, 0.1) is 20.0 Å². The van der Waals surface area contributed by atoms with Crippen molar-refractivity contribution in [2.24, 2.45) is 0 Å². The molecule has 0 amide bonds. The fourth-order valence-electron chi connectivity index (χ4n) is 1.71. The maximum atomic E-state index is 6.16. The van der Waals surface area contributed by atoms with Crippen LogP contribution in [-0.2, 0) is 12.2 Å². The van der Waals surface area contributed by atoms with Crippen molar-refractivity contribution in [3.8, 4) is 0 Å². The maximum absolute atomic E-state index is 6.16. The molecule has 0 atom stereocenters. The van der Waals surface area contributed by atoms with Crippen molar-refractivity contribution in [3.05, 3.63) is 44.4 Å². The van der Waals surface area contributed by atoms with Gasteiger partial charge in [-0.3, -0.25) is 0 Å². The van der Waals surface area contributed by atoms with Gasteiger partial charge in [-0.1, -0.05) is 30.7 Å². The summed E-state index contributed by atoms with van der Waals surface area (Å²) in [5, 5.41) is 3.90. The van der Waals surface area contributed by atoms with Gasteiger partial charge < -0.3 is 5.32 Å². The van der Waals surface area contributed by atoms with Crippen LogP contribution >= 0.6 is 46.0 Å². The fourth-order valence-corrected chi connectivity index (χ4v) is 3.70. The van der Waals surface area contributed by atoms with Crippen LogP contribution < -0.4 is 5.32 Å². The molecule has 0 saturated heterocycles.